The summed E-state index contributed by atoms with van der Waals surface area (Å²) in [5.74, 6) is -0.0240. The van der Waals surface area contributed by atoms with E-state index in [1.54, 1.807) is 0 Å². The minimum atomic E-state index is -0.386. The summed E-state index contributed by atoms with van der Waals surface area (Å²) in [5.41, 5.74) is 2.27. The average Bonchev–Trinajstić information content (AvgIpc) is 3.04. The lowest BCUT2D eigenvalue weighted by Crippen LogP contribution is -2.16. The second kappa shape index (κ2) is 6.20. The van der Waals surface area contributed by atoms with Gasteiger partial charge in [0.15, 0.2) is 6.79 Å². The second-order valence-electron chi connectivity index (χ2n) is 7.34. The molecular weight excluding hydrogens is 311 g/mol. The second-order valence-corrected chi connectivity index (χ2v) is 7.34. The van der Waals surface area contributed by atoms with E-state index in [-0.39, 0.29) is 42.4 Å². The minimum absolute atomic E-state index is 0.00699. The van der Waals surface area contributed by atoms with E-state index in [0.29, 0.717) is 23.5 Å². The number of carbonyl (C=O) groups excluding carboxylic acids is 1. The number of esters is 1. The van der Waals surface area contributed by atoms with Crippen LogP contribution in [0.25, 0.3) is 0 Å². The van der Waals surface area contributed by atoms with Crippen LogP contribution in [0.4, 0.5) is 4.39 Å². The first-order valence-electron chi connectivity index (χ1n) is 8.14. The third-order valence-corrected chi connectivity index (χ3v) is 4.80. The van der Waals surface area contributed by atoms with Gasteiger partial charge in [0.25, 0.3) is 0 Å². The molecule has 0 amide bonds. The summed E-state index contributed by atoms with van der Waals surface area (Å²) in [4.78, 5) is 12.4. The molecule has 0 N–H and O–H groups in total. The molecule has 2 aliphatic rings. The molecule has 4 nitrogen and oxygen atoms in total. The highest BCUT2D eigenvalue weighted by molar-refractivity contribution is 5.78. The van der Waals surface area contributed by atoms with Gasteiger partial charge in [0, 0.05) is 11.1 Å². The van der Waals surface area contributed by atoms with Gasteiger partial charge in [0.05, 0.1) is 12.5 Å². The van der Waals surface area contributed by atoms with E-state index in [9.17, 15) is 9.18 Å². The van der Waals surface area contributed by atoms with Crippen LogP contribution in [0.3, 0.4) is 0 Å². The van der Waals surface area contributed by atoms with Crippen LogP contribution in [-0.4, -0.2) is 12.8 Å². The quantitative estimate of drug-likeness (QED) is 0.617. The molecule has 1 aromatic rings. The van der Waals surface area contributed by atoms with Gasteiger partial charge in [-0.15, -0.1) is 0 Å². The van der Waals surface area contributed by atoms with E-state index in [1.165, 1.54) is 17.7 Å². The third-order valence-electron chi connectivity index (χ3n) is 4.80. The number of hydrogen-bond acceptors (Lipinski definition) is 4. The van der Waals surface area contributed by atoms with Crippen molar-refractivity contribution in [1.29, 1.82) is 0 Å². The van der Waals surface area contributed by atoms with Crippen LogP contribution in [0.1, 0.15) is 38.8 Å². The van der Waals surface area contributed by atoms with Crippen molar-refractivity contribution in [2.45, 2.75) is 40.9 Å². The van der Waals surface area contributed by atoms with Crippen LogP contribution in [0.2, 0.25) is 0 Å². The van der Waals surface area contributed by atoms with Gasteiger partial charge in [-0.05, 0) is 37.3 Å². The predicted molar refractivity (Wildman–Crippen MR) is 86.7 cm³/mol. The number of fused-ring (bicyclic) bond motifs is 1. The lowest BCUT2D eigenvalue weighted by molar-refractivity contribution is -0.147. The van der Waals surface area contributed by atoms with Crippen molar-refractivity contribution >= 4 is 5.97 Å². The van der Waals surface area contributed by atoms with Crippen molar-refractivity contribution in [2.75, 3.05) is 6.79 Å². The Balaban J connectivity index is 1.70. The molecule has 130 valence electrons. The highest BCUT2D eigenvalue weighted by Crippen LogP contribution is 2.59. The molecule has 2 atom stereocenters. The van der Waals surface area contributed by atoms with Crippen LogP contribution in [0.15, 0.2) is 23.8 Å². The van der Waals surface area contributed by atoms with Gasteiger partial charge >= 0.3 is 5.97 Å². The van der Waals surface area contributed by atoms with E-state index in [2.05, 4.69) is 19.9 Å². The van der Waals surface area contributed by atoms with Gasteiger partial charge in [-0.2, -0.15) is 0 Å². The molecule has 0 spiro atoms. The summed E-state index contributed by atoms with van der Waals surface area (Å²) in [6.45, 7) is 8.60. The van der Waals surface area contributed by atoms with Crippen molar-refractivity contribution in [2.24, 2.45) is 17.3 Å². The molecule has 1 heterocycles. The van der Waals surface area contributed by atoms with E-state index >= 15 is 0 Å². The lowest BCUT2D eigenvalue weighted by atomic mass is 10.1. The maximum Gasteiger partial charge on any atom is 0.310 e. The van der Waals surface area contributed by atoms with Crippen LogP contribution < -0.4 is 4.74 Å². The first-order chi connectivity index (χ1) is 11.3. The number of ether oxygens (including phenoxy) is 3. The molecule has 24 heavy (non-hydrogen) atoms. The maximum atomic E-state index is 13.7. The van der Waals surface area contributed by atoms with Gasteiger partial charge in [-0.25, -0.2) is 4.39 Å². The molecule has 0 radical (unpaired) electrons. The molecular formula is C19H23FO4. The summed E-state index contributed by atoms with van der Waals surface area (Å²) < 4.78 is 29.8. The number of hydrogen-bond donors (Lipinski definition) is 0. The molecule has 1 saturated carbocycles. The largest absolute Gasteiger partial charge is 0.467 e. The zero-order chi connectivity index (χ0) is 17.5. The standard InChI is InChI=1S/C19H23FO4/c1-11(2)5-15-16(19(15,3)4)18(21)23-9-13-7-14(20)6-12-8-22-10-24-17(12)13/h5-7,15-16H,8-10H2,1-4H3/t15-,16+/m1/s1. The van der Waals surface area contributed by atoms with E-state index < -0.39 is 0 Å². The monoisotopic (exact) mass is 334 g/mol. The van der Waals surface area contributed by atoms with Crippen molar-refractivity contribution in [3.05, 3.63) is 40.7 Å². The van der Waals surface area contributed by atoms with Crippen molar-refractivity contribution < 1.29 is 23.4 Å². The number of allylic oxidation sites excluding steroid dienone is 2. The number of rotatable bonds is 4. The summed E-state index contributed by atoms with van der Waals surface area (Å²) in [5, 5.41) is 0. The number of halogens is 1. The smallest absolute Gasteiger partial charge is 0.310 e. The maximum absolute atomic E-state index is 13.7. The van der Waals surface area contributed by atoms with Crippen molar-refractivity contribution in [3.63, 3.8) is 0 Å². The molecule has 5 heteroatoms. The summed E-state index contributed by atoms with van der Waals surface area (Å²) in [6.07, 6.45) is 2.12. The van der Waals surface area contributed by atoms with Crippen LogP contribution in [-0.2, 0) is 27.5 Å². The highest BCUT2D eigenvalue weighted by Gasteiger charge is 2.61. The SMILES string of the molecule is CC(C)=C[C@@H]1[C@@H](C(=O)OCc2cc(F)cc3c2OCOC3)C1(C)C. The zero-order valence-electron chi connectivity index (χ0n) is 14.5. The summed E-state index contributed by atoms with van der Waals surface area (Å²) in [6, 6.07) is 2.73. The molecule has 1 aromatic carbocycles. The van der Waals surface area contributed by atoms with Crippen molar-refractivity contribution in [1.82, 2.24) is 0 Å². The predicted octanol–water partition coefficient (Wildman–Crippen LogP) is 3.97. The Morgan fingerprint density at radius 3 is 2.88 bits per heavy atom. The Kier molecular flexibility index (Phi) is 4.38. The molecule has 0 saturated heterocycles. The van der Waals surface area contributed by atoms with Gasteiger partial charge in [-0.3, -0.25) is 4.79 Å². The topological polar surface area (TPSA) is 44.8 Å². The molecule has 1 aliphatic carbocycles. The Bertz CT molecular complexity index is 689. The first-order valence-corrected chi connectivity index (χ1v) is 8.14. The molecule has 3 rings (SSSR count). The van der Waals surface area contributed by atoms with Crippen LogP contribution in [0, 0.1) is 23.1 Å². The fourth-order valence-corrected chi connectivity index (χ4v) is 3.40. The molecule has 1 fully saturated rings. The normalized spacial score (nSPS) is 23.7. The van der Waals surface area contributed by atoms with E-state index in [1.807, 2.05) is 13.8 Å². The minimum Gasteiger partial charge on any atom is -0.467 e. The van der Waals surface area contributed by atoms with Crippen LogP contribution >= 0.6 is 0 Å². The fourth-order valence-electron chi connectivity index (χ4n) is 3.40. The number of benzene rings is 1. The molecule has 0 bridgehead atoms. The first kappa shape index (κ1) is 17.0. The fraction of sp³-hybridized carbons (Fsp3) is 0.526. The van der Waals surface area contributed by atoms with Gasteiger partial charge in [0.1, 0.15) is 18.2 Å². The summed E-state index contributed by atoms with van der Waals surface area (Å²) in [7, 11) is 0. The zero-order valence-corrected chi connectivity index (χ0v) is 14.5. The van der Waals surface area contributed by atoms with Gasteiger partial charge in [0.2, 0.25) is 0 Å². The lowest BCUT2D eigenvalue weighted by Gasteiger charge is -2.20. The molecule has 1 aliphatic heterocycles. The van der Waals surface area contributed by atoms with E-state index in [0.717, 1.165) is 0 Å². The Hall–Kier alpha value is -1.88. The average molecular weight is 334 g/mol. The Labute approximate surface area is 141 Å². The third kappa shape index (κ3) is 3.18. The highest BCUT2D eigenvalue weighted by atomic mass is 19.1. The molecule has 0 unspecified atom stereocenters. The Morgan fingerprint density at radius 1 is 1.42 bits per heavy atom. The van der Waals surface area contributed by atoms with E-state index in [4.69, 9.17) is 14.2 Å². The molecule has 0 aromatic heterocycles. The summed E-state index contributed by atoms with van der Waals surface area (Å²) >= 11 is 0. The van der Waals surface area contributed by atoms with Gasteiger partial charge in [-0.1, -0.05) is 25.5 Å². The van der Waals surface area contributed by atoms with Crippen LogP contribution in [0.5, 0.6) is 5.75 Å². The Morgan fingerprint density at radius 2 is 2.17 bits per heavy atom. The van der Waals surface area contributed by atoms with Crippen molar-refractivity contribution in [3.8, 4) is 5.75 Å². The number of carbonyl (C=O) groups is 1. The van der Waals surface area contributed by atoms with Gasteiger partial charge < -0.3 is 14.2 Å².